The molecule has 0 radical (unpaired) electrons. The van der Waals surface area contributed by atoms with E-state index in [2.05, 4.69) is 20.7 Å². The molecule has 6 nitrogen and oxygen atoms in total. The summed E-state index contributed by atoms with van der Waals surface area (Å²) in [5, 5.41) is 16.5. The van der Waals surface area contributed by atoms with E-state index >= 15 is 0 Å². The molecule has 1 aromatic rings. The number of nitrogens with zero attached hydrogens (tertiary/aromatic N) is 1. The molecule has 0 fully saturated rings. The summed E-state index contributed by atoms with van der Waals surface area (Å²) in [7, 11) is 0. The van der Waals surface area contributed by atoms with E-state index < -0.39 is 12.4 Å². The third-order valence-electron chi connectivity index (χ3n) is 2.62. The first-order chi connectivity index (χ1) is 11.2. The smallest absolute Gasteiger partial charge is 0.406 e. The molecule has 0 spiro atoms. The zero-order chi connectivity index (χ0) is 18.2. The van der Waals surface area contributed by atoms with E-state index in [0.29, 0.717) is 5.69 Å². The van der Waals surface area contributed by atoms with Gasteiger partial charge in [0, 0.05) is 12.2 Å². The SMILES string of the molecule is CC(NC(=S)Nc1ccc(OC(F)(F)F)cc1)C(=O)NCCC#N. The minimum Gasteiger partial charge on any atom is -0.406 e. The van der Waals surface area contributed by atoms with Crippen molar-refractivity contribution >= 4 is 28.9 Å². The molecule has 1 unspecified atom stereocenters. The second-order valence-electron chi connectivity index (χ2n) is 4.59. The molecule has 1 rings (SSSR count). The van der Waals surface area contributed by atoms with Crippen molar-refractivity contribution < 1.29 is 22.7 Å². The molecule has 1 amide bonds. The number of thiocarbonyl (C=S) groups is 1. The zero-order valence-corrected chi connectivity index (χ0v) is 13.4. The zero-order valence-electron chi connectivity index (χ0n) is 12.6. The maximum absolute atomic E-state index is 12.1. The number of carbonyl (C=O) groups excluding carboxylic acids is 1. The van der Waals surface area contributed by atoms with Gasteiger partial charge in [0.25, 0.3) is 0 Å². The van der Waals surface area contributed by atoms with Crippen molar-refractivity contribution in [3.8, 4) is 11.8 Å². The van der Waals surface area contributed by atoms with Crippen molar-refractivity contribution in [2.75, 3.05) is 11.9 Å². The molecule has 0 saturated carbocycles. The molecule has 0 saturated heterocycles. The third kappa shape index (κ3) is 7.64. The van der Waals surface area contributed by atoms with Crippen LogP contribution in [-0.4, -0.2) is 30.0 Å². The lowest BCUT2D eigenvalue weighted by atomic mass is 10.3. The Labute approximate surface area is 142 Å². The topological polar surface area (TPSA) is 86.2 Å². The van der Waals surface area contributed by atoms with Gasteiger partial charge in [-0.2, -0.15) is 5.26 Å². The number of alkyl halides is 3. The summed E-state index contributed by atoms with van der Waals surface area (Å²) in [5.41, 5.74) is 0.430. The van der Waals surface area contributed by atoms with Crippen LogP contribution in [0.2, 0.25) is 0 Å². The summed E-state index contributed by atoms with van der Waals surface area (Å²) in [6.07, 6.45) is -4.55. The van der Waals surface area contributed by atoms with Crippen molar-refractivity contribution in [2.24, 2.45) is 0 Å². The Morgan fingerprint density at radius 3 is 2.54 bits per heavy atom. The minimum absolute atomic E-state index is 0.127. The number of nitriles is 1. The Hall–Kier alpha value is -2.54. The molecule has 0 heterocycles. The van der Waals surface area contributed by atoms with Crippen LogP contribution in [0.1, 0.15) is 13.3 Å². The molecule has 10 heteroatoms. The third-order valence-corrected chi connectivity index (χ3v) is 2.84. The number of rotatable bonds is 6. The molecule has 1 atom stereocenters. The second kappa shape index (κ2) is 8.93. The van der Waals surface area contributed by atoms with Gasteiger partial charge in [0.15, 0.2) is 5.11 Å². The molecule has 0 aliphatic rings. The fraction of sp³-hybridized carbons (Fsp3) is 0.357. The Morgan fingerprint density at radius 2 is 2.00 bits per heavy atom. The fourth-order valence-corrected chi connectivity index (χ4v) is 1.86. The van der Waals surface area contributed by atoms with E-state index in [1.807, 2.05) is 6.07 Å². The summed E-state index contributed by atoms with van der Waals surface area (Å²) in [6.45, 7) is 1.82. The van der Waals surface area contributed by atoms with Crippen LogP contribution in [0.4, 0.5) is 18.9 Å². The highest BCUT2D eigenvalue weighted by Crippen LogP contribution is 2.23. The van der Waals surface area contributed by atoms with Crippen LogP contribution in [0.25, 0.3) is 0 Å². The predicted octanol–water partition coefficient (Wildman–Crippen LogP) is 2.29. The number of amides is 1. The first kappa shape index (κ1) is 19.5. The van der Waals surface area contributed by atoms with Crippen molar-refractivity contribution in [1.29, 1.82) is 5.26 Å². The number of anilines is 1. The van der Waals surface area contributed by atoms with Gasteiger partial charge in [-0.15, -0.1) is 13.2 Å². The standard InChI is InChI=1S/C14H15F3N4O2S/c1-9(12(22)19-8-2-7-18)20-13(24)21-10-3-5-11(6-4-10)23-14(15,16)17/h3-6,9H,2,8H2,1H3,(H,19,22)(H2,20,21,24). The number of benzene rings is 1. The summed E-state index contributed by atoms with van der Waals surface area (Å²) in [5.74, 6) is -0.680. The van der Waals surface area contributed by atoms with Crippen molar-refractivity contribution in [1.82, 2.24) is 10.6 Å². The first-order valence-corrected chi connectivity index (χ1v) is 7.20. The Morgan fingerprint density at radius 1 is 1.38 bits per heavy atom. The molecule has 130 valence electrons. The van der Waals surface area contributed by atoms with Crippen molar-refractivity contribution in [3.63, 3.8) is 0 Å². The molecule has 0 bridgehead atoms. The highest BCUT2D eigenvalue weighted by atomic mass is 32.1. The lowest BCUT2D eigenvalue weighted by Crippen LogP contribution is -2.46. The number of halogens is 3. The molecule has 1 aromatic carbocycles. The van der Waals surface area contributed by atoms with Crippen molar-refractivity contribution in [2.45, 2.75) is 25.7 Å². The molecule has 24 heavy (non-hydrogen) atoms. The Bertz CT molecular complexity index is 614. The van der Waals surface area contributed by atoms with Gasteiger partial charge in [0.05, 0.1) is 12.5 Å². The minimum atomic E-state index is -4.75. The molecular formula is C14H15F3N4O2S. The number of hydrogen-bond donors (Lipinski definition) is 3. The van der Waals surface area contributed by atoms with Gasteiger partial charge >= 0.3 is 6.36 Å². The molecule has 0 aromatic heterocycles. The second-order valence-corrected chi connectivity index (χ2v) is 5.00. The van der Waals surface area contributed by atoms with E-state index in [0.717, 1.165) is 12.1 Å². The summed E-state index contributed by atoms with van der Waals surface area (Å²) in [6, 6.07) is 6.24. The van der Waals surface area contributed by atoms with Crippen LogP contribution in [0, 0.1) is 11.3 Å². The number of ether oxygens (including phenoxy) is 1. The van der Waals surface area contributed by atoms with Gasteiger partial charge in [-0.25, -0.2) is 0 Å². The highest BCUT2D eigenvalue weighted by Gasteiger charge is 2.30. The van der Waals surface area contributed by atoms with Crippen LogP contribution in [-0.2, 0) is 4.79 Å². The van der Waals surface area contributed by atoms with Crippen LogP contribution < -0.4 is 20.7 Å². The average molecular weight is 360 g/mol. The van der Waals surface area contributed by atoms with Crippen LogP contribution in [0.15, 0.2) is 24.3 Å². The first-order valence-electron chi connectivity index (χ1n) is 6.79. The van der Waals surface area contributed by atoms with E-state index in [1.54, 1.807) is 6.92 Å². The van der Waals surface area contributed by atoms with Gasteiger partial charge in [-0.3, -0.25) is 4.79 Å². The normalized spacial score (nSPS) is 11.8. The number of carbonyl (C=O) groups is 1. The monoisotopic (exact) mass is 360 g/mol. The largest absolute Gasteiger partial charge is 0.573 e. The fourth-order valence-electron chi connectivity index (χ4n) is 1.56. The van der Waals surface area contributed by atoms with E-state index in [1.165, 1.54) is 12.1 Å². The average Bonchev–Trinajstić information content (AvgIpc) is 2.47. The van der Waals surface area contributed by atoms with Crippen LogP contribution in [0.3, 0.4) is 0 Å². The van der Waals surface area contributed by atoms with Gasteiger partial charge in [-0.05, 0) is 43.4 Å². The van der Waals surface area contributed by atoms with Crippen LogP contribution in [0.5, 0.6) is 5.75 Å². The summed E-state index contributed by atoms with van der Waals surface area (Å²) in [4.78, 5) is 11.7. The van der Waals surface area contributed by atoms with Crippen molar-refractivity contribution in [3.05, 3.63) is 24.3 Å². The van der Waals surface area contributed by atoms with Gasteiger partial charge in [0.1, 0.15) is 11.8 Å². The van der Waals surface area contributed by atoms with E-state index in [4.69, 9.17) is 17.5 Å². The number of hydrogen-bond acceptors (Lipinski definition) is 4. The molecular weight excluding hydrogens is 345 g/mol. The molecule has 3 N–H and O–H groups in total. The lowest BCUT2D eigenvalue weighted by molar-refractivity contribution is -0.274. The number of nitrogens with one attached hydrogen (secondary N) is 3. The predicted molar refractivity (Wildman–Crippen MR) is 85.2 cm³/mol. The van der Waals surface area contributed by atoms with Crippen LogP contribution >= 0.6 is 12.2 Å². The maximum atomic E-state index is 12.1. The van der Waals surface area contributed by atoms with E-state index in [9.17, 15) is 18.0 Å². The Kier molecular flexibility index (Phi) is 7.26. The maximum Gasteiger partial charge on any atom is 0.573 e. The highest BCUT2D eigenvalue weighted by molar-refractivity contribution is 7.80. The van der Waals surface area contributed by atoms with Gasteiger partial charge in [-0.1, -0.05) is 0 Å². The Balaban J connectivity index is 2.47. The quantitative estimate of drug-likeness (QED) is 0.533. The van der Waals surface area contributed by atoms with Gasteiger partial charge < -0.3 is 20.7 Å². The van der Waals surface area contributed by atoms with E-state index in [-0.39, 0.29) is 29.7 Å². The molecule has 0 aliphatic heterocycles. The van der Waals surface area contributed by atoms with Gasteiger partial charge in [0.2, 0.25) is 5.91 Å². The lowest BCUT2D eigenvalue weighted by Gasteiger charge is -2.16. The molecule has 0 aliphatic carbocycles. The summed E-state index contributed by atoms with van der Waals surface area (Å²) < 4.78 is 39.9. The summed E-state index contributed by atoms with van der Waals surface area (Å²) >= 11 is 5.02.